The largest absolute Gasteiger partial charge is 0.489 e. The number of nitrogens with one attached hydrogen (secondary N) is 1. The lowest BCUT2D eigenvalue weighted by Crippen LogP contribution is -2.35. The van der Waals surface area contributed by atoms with Gasteiger partial charge in [-0.1, -0.05) is 38.1 Å². The molecule has 0 bridgehead atoms. The lowest BCUT2D eigenvalue weighted by atomic mass is 10.1. The average molecular weight is 437 g/mol. The lowest BCUT2D eigenvalue weighted by Gasteiger charge is -2.20. The Balaban J connectivity index is 1.51. The Morgan fingerprint density at radius 1 is 1.23 bits per heavy atom. The first-order chi connectivity index (χ1) is 14.9. The Morgan fingerprint density at radius 3 is 2.74 bits per heavy atom. The summed E-state index contributed by atoms with van der Waals surface area (Å²) in [5.74, 6) is 0.290. The molecule has 8 heteroatoms. The third-order valence-corrected chi connectivity index (χ3v) is 5.50. The molecule has 0 aromatic heterocycles. The number of halogens is 1. The number of nitrogens with zero attached hydrogens (tertiary/aromatic N) is 3. The molecule has 158 valence electrons. The van der Waals surface area contributed by atoms with E-state index >= 15 is 0 Å². The molecular weight excluding hydrogens is 415 g/mol. The summed E-state index contributed by atoms with van der Waals surface area (Å²) in [6.07, 6.45) is 2.39. The summed E-state index contributed by atoms with van der Waals surface area (Å²) in [4.78, 5) is 16.7. The number of aliphatic imine (C=N–C) groups is 1. The molecule has 2 aromatic carbocycles. The van der Waals surface area contributed by atoms with Crippen molar-refractivity contribution in [1.29, 1.82) is 5.41 Å². The van der Waals surface area contributed by atoms with Gasteiger partial charge in [-0.05, 0) is 59.1 Å². The van der Waals surface area contributed by atoms with Crippen LogP contribution in [0.5, 0.6) is 5.75 Å². The van der Waals surface area contributed by atoms with Gasteiger partial charge in [0.2, 0.25) is 5.17 Å². The van der Waals surface area contributed by atoms with Gasteiger partial charge in [0, 0.05) is 6.42 Å². The smallest absolute Gasteiger partial charge is 0.283 e. The first kappa shape index (κ1) is 21.0. The van der Waals surface area contributed by atoms with E-state index in [1.54, 1.807) is 30.3 Å². The minimum Gasteiger partial charge on any atom is -0.489 e. The van der Waals surface area contributed by atoms with Crippen molar-refractivity contribution in [2.24, 2.45) is 16.0 Å². The highest BCUT2D eigenvalue weighted by Crippen LogP contribution is 2.30. The maximum Gasteiger partial charge on any atom is 0.283 e. The highest BCUT2D eigenvalue weighted by molar-refractivity contribution is 8.26. The molecule has 0 fully saturated rings. The van der Waals surface area contributed by atoms with Crippen LogP contribution in [0.25, 0.3) is 6.08 Å². The number of amidine groups is 2. The van der Waals surface area contributed by atoms with Crippen LogP contribution in [0.1, 0.15) is 31.4 Å². The van der Waals surface area contributed by atoms with Crippen molar-refractivity contribution in [2.45, 2.75) is 26.9 Å². The number of hydrogen-bond donors (Lipinski definition) is 1. The van der Waals surface area contributed by atoms with Crippen molar-refractivity contribution in [3.63, 3.8) is 0 Å². The van der Waals surface area contributed by atoms with Gasteiger partial charge in [0.15, 0.2) is 5.84 Å². The number of ether oxygens (including phenoxy) is 1. The number of hydrazone groups is 1. The number of amides is 1. The Hall–Kier alpha value is -3.26. The Kier molecular flexibility index (Phi) is 5.99. The van der Waals surface area contributed by atoms with Gasteiger partial charge in [0.05, 0.1) is 5.57 Å². The summed E-state index contributed by atoms with van der Waals surface area (Å²) >= 11 is 1.34. The molecule has 0 radical (unpaired) electrons. The van der Waals surface area contributed by atoms with Gasteiger partial charge in [-0.3, -0.25) is 10.2 Å². The zero-order chi connectivity index (χ0) is 22.0. The second kappa shape index (κ2) is 8.85. The molecule has 2 heterocycles. The number of carbonyl (C=O) groups is 1. The average Bonchev–Trinajstić information content (AvgIpc) is 3.12. The number of thioether (sulfide) groups is 1. The van der Waals surface area contributed by atoms with E-state index in [-0.39, 0.29) is 17.2 Å². The minimum atomic E-state index is -0.456. The number of hydrogen-bond acceptors (Lipinski definition) is 5. The fourth-order valence-electron chi connectivity index (χ4n) is 3.07. The van der Waals surface area contributed by atoms with Gasteiger partial charge in [-0.15, -0.1) is 0 Å². The topological polar surface area (TPSA) is 78.1 Å². The summed E-state index contributed by atoms with van der Waals surface area (Å²) in [6, 6.07) is 13.3. The van der Waals surface area contributed by atoms with E-state index in [4.69, 9.17) is 10.1 Å². The van der Waals surface area contributed by atoms with Gasteiger partial charge < -0.3 is 4.74 Å². The van der Waals surface area contributed by atoms with Crippen molar-refractivity contribution in [3.05, 3.63) is 71.0 Å². The van der Waals surface area contributed by atoms with Crippen molar-refractivity contribution >= 4 is 39.8 Å². The third kappa shape index (κ3) is 4.91. The van der Waals surface area contributed by atoms with E-state index in [1.165, 1.54) is 28.9 Å². The molecule has 0 unspecified atom stereocenters. The standard InChI is InChI=1S/C23H21FN4O2S/c1-14(2)10-20-27-28-21(25)19(22(29)26-23(28)31-20)12-16-4-3-5-18(11-16)30-13-15-6-8-17(24)9-7-15/h3-9,11-12,14,25H,10,13H2,1-2H3/b19-12-,25-21?. The summed E-state index contributed by atoms with van der Waals surface area (Å²) in [6.45, 7) is 4.48. The zero-order valence-electron chi connectivity index (χ0n) is 17.1. The number of carbonyl (C=O) groups excluding carboxylic acids is 1. The molecule has 31 heavy (non-hydrogen) atoms. The molecule has 0 saturated carbocycles. The predicted molar refractivity (Wildman–Crippen MR) is 122 cm³/mol. The SMILES string of the molecule is CC(C)CC1=NN2C(=N)/C(=C/c3cccc(OCc4ccc(F)cc4)c3)C(=O)N=C2S1. The second-order valence-corrected chi connectivity index (χ2v) is 8.64. The maximum atomic E-state index is 13.0. The van der Waals surface area contributed by atoms with Crippen LogP contribution in [0.4, 0.5) is 4.39 Å². The molecule has 4 rings (SSSR count). The number of benzene rings is 2. The van der Waals surface area contributed by atoms with Gasteiger partial charge in [0.1, 0.15) is 23.2 Å². The predicted octanol–water partition coefficient (Wildman–Crippen LogP) is 5.07. The van der Waals surface area contributed by atoms with Gasteiger partial charge in [-0.2, -0.15) is 15.1 Å². The molecule has 2 aliphatic rings. The zero-order valence-corrected chi connectivity index (χ0v) is 17.9. The Bertz CT molecular complexity index is 1120. The van der Waals surface area contributed by atoms with Crippen molar-refractivity contribution in [3.8, 4) is 5.75 Å². The van der Waals surface area contributed by atoms with E-state index in [2.05, 4.69) is 23.9 Å². The van der Waals surface area contributed by atoms with Crippen molar-refractivity contribution < 1.29 is 13.9 Å². The molecule has 2 aliphatic heterocycles. The summed E-state index contributed by atoms with van der Waals surface area (Å²) in [5.41, 5.74) is 1.73. The Labute approximate surface area is 184 Å². The van der Waals surface area contributed by atoms with Crippen LogP contribution in [-0.4, -0.2) is 27.0 Å². The first-order valence-electron chi connectivity index (χ1n) is 9.85. The normalized spacial score (nSPS) is 17.2. The second-order valence-electron chi connectivity index (χ2n) is 7.60. The van der Waals surface area contributed by atoms with E-state index in [9.17, 15) is 9.18 Å². The summed E-state index contributed by atoms with van der Waals surface area (Å²) in [5, 5.41) is 15.6. The van der Waals surface area contributed by atoms with E-state index in [0.29, 0.717) is 29.0 Å². The van der Waals surface area contributed by atoms with Gasteiger partial charge >= 0.3 is 0 Å². The molecular formula is C23H21FN4O2S. The fourth-order valence-corrected chi connectivity index (χ4v) is 4.17. The van der Waals surface area contributed by atoms with E-state index < -0.39 is 5.91 Å². The van der Waals surface area contributed by atoms with Crippen LogP contribution < -0.4 is 4.74 Å². The molecule has 0 saturated heterocycles. The quantitative estimate of drug-likeness (QED) is 0.642. The molecule has 1 N–H and O–H groups in total. The van der Waals surface area contributed by atoms with E-state index in [1.807, 2.05) is 12.1 Å². The molecule has 0 atom stereocenters. The third-order valence-electron chi connectivity index (χ3n) is 4.57. The minimum absolute atomic E-state index is 0.0129. The lowest BCUT2D eigenvalue weighted by molar-refractivity contribution is -0.114. The molecule has 2 aromatic rings. The highest BCUT2D eigenvalue weighted by atomic mass is 32.2. The summed E-state index contributed by atoms with van der Waals surface area (Å²) in [7, 11) is 0. The van der Waals surface area contributed by atoms with Crippen LogP contribution in [0.2, 0.25) is 0 Å². The molecule has 0 spiro atoms. The molecule has 6 nitrogen and oxygen atoms in total. The monoisotopic (exact) mass is 436 g/mol. The Morgan fingerprint density at radius 2 is 2.00 bits per heavy atom. The summed E-state index contributed by atoms with van der Waals surface area (Å²) < 4.78 is 18.8. The van der Waals surface area contributed by atoms with Crippen LogP contribution in [0, 0.1) is 17.1 Å². The van der Waals surface area contributed by atoms with Crippen LogP contribution in [0.15, 0.2) is 64.2 Å². The number of fused-ring (bicyclic) bond motifs is 1. The van der Waals surface area contributed by atoms with Crippen molar-refractivity contribution in [2.75, 3.05) is 0 Å². The molecule has 1 amide bonds. The fraction of sp³-hybridized carbons (Fsp3) is 0.217. The maximum absolute atomic E-state index is 13.0. The highest BCUT2D eigenvalue weighted by Gasteiger charge is 2.35. The first-order valence-corrected chi connectivity index (χ1v) is 10.7. The number of rotatable bonds is 6. The van der Waals surface area contributed by atoms with Gasteiger partial charge in [0.25, 0.3) is 5.91 Å². The molecule has 0 aliphatic carbocycles. The van der Waals surface area contributed by atoms with Crippen LogP contribution >= 0.6 is 11.8 Å². The van der Waals surface area contributed by atoms with Gasteiger partial charge in [-0.25, -0.2) is 4.39 Å². The van der Waals surface area contributed by atoms with Crippen molar-refractivity contribution in [1.82, 2.24) is 5.01 Å². The van der Waals surface area contributed by atoms with Crippen LogP contribution in [-0.2, 0) is 11.4 Å². The van der Waals surface area contributed by atoms with Crippen LogP contribution in [0.3, 0.4) is 0 Å². The van der Waals surface area contributed by atoms with E-state index in [0.717, 1.165) is 17.0 Å².